The molecule has 4 rings (SSSR count). The van der Waals surface area contributed by atoms with E-state index in [2.05, 4.69) is 36.2 Å². The summed E-state index contributed by atoms with van der Waals surface area (Å²) in [7, 11) is -3.81. The number of nitrogens with one attached hydrogen (secondary N) is 3. The molecular weight excluding hydrogens is 480 g/mol. The molecule has 1 amide bonds. The average Bonchev–Trinajstić information content (AvgIpc) is 3.17. The van der Waals surface area contributed by atoms with Gasteiger partial charge in [-0.15, -0.1) is 0 Å². The zero-order chi connectivity index (χ0) is 21.8. The predicted molar refractivity (Wildman–Crippen MR) is 123 cm³/mol. The van der Waals surface area contributed by atoms with E-state index in [1.165, 1.54) is 12.1 Å². The van der Waals surface area contributed by atoms with Crippen LogP contribution in [0.1, 0.15) is 10.5 Å². The van der Waals surface area contributed by atoms with E-state index in [-0.39, 0.29) is 16.3 Å². The number of carbonyl (C=O) groups is 1. The molecule has 1 heterocycles. The smallest absolute Gasteiger partial charge is 0.274 e. The number of anilines is 2. The van der Waals surface area contributed by atoms with Gasteiger partial charge in [0, 0.05) is 5.56 Å². The molecule has 0 aliphatic carbocycles. The maximum Gasteiger partial charge on any atom is 0.274 e. The number of halogens is 1. The lowest BCUT2D eigenvalue weighted by Crippen LogP contribution is -2.17. The third-order valence-corrected chi connectivity index (χ3v) is 6.61. The quantitative estimate of drug-likeness (QED) is 0.353. The molecule has 3 aromatic carbocycles. The zero-order valence-corrected chi connectivity index (χ0v) is 18.4. The van der Waals surface area contributed by atoms with Gasteiger partial charge in [-0.3, -0.25) is 14.6 Å². The van der Waals surface area contributed by atoms with Crippen molar-refractivity contribution in [3.05, 3.63) is 95.1 Å². The van der Waals surface area contributed by atoms with Crippen molar-refractivity contribution in [3.8, 4) is 11.3 Å². The number of H-pyrrole nitrogens is 1. The van der Waals surface area contributed by atoms with Crippen LogP contribution in [0.3, 0.4) is 0 Å². The standard InChI is InChI=1S/C22H17BrN4O3S/c23-19-20(15-9-3-1-4-10-15)25-26-21(19)22(28)24-17-13-7-8-14-18(17)27-31(29,30)16-11-5-2-6-12-16/h1-14,27H,(H,24,28)(H,25,26). The van der Waals surface area contributed by atoms with Crippen molar-refractivity contribution >= 4 is 43.2 Å². The van der Waals surface area contributed by atoms with Gasteiger partial charge in [0.25, 0.3) is 15.9 Å². The van der Waals surface area contributed by atoms with Crippen molar-refractivity contribution in [2.75, 3.05) is 10.0 Å². The highest BCUT2D eigenvalue weighted by Gasteiger charge is 2.21. The van der Waals surface area contributed by atoms with Crippen LogP contribution in [0, 0.1) is 0 Å². The fourth-order valence-corrected chi connectivity index (χ4v) is 4.62. The summed E-state index contributed by atoms with van der Waals surface area (Å²) in [5.74, 6) is -0.465. The number of rotatable bonds is 6. The number of nitrogens with zero attached hydrogens (tertiary/aromatic N) is 1. The third-order valence-electron chi connectivity index (χ3n) is 4.45. The second-order valence-electron chi connectivity index (χ2n) is 6.55. The number of amides is 1. The topological polar surface area (TPSA) is 104 Å². The van der Waals surface area contributed by atoms with Crippen LogP contribution in [-0.2, 0) is 10.0 Å². The lowest BCUT2D eigenvalue weighted by Gasteiger charge is -2.13. The number of hydrogen-bond acceptors (Lipinski definition) is 4. The van der Waals surface area contributed by atoms with Gasteiger partial charge in [-0.25, -0.2) is 8.42 Å². The van der Waals surface area contributed by atoms with Crippen molar-refractivity contribution in [3.63, 3.8) is 0 Å². The second kappa shape index (κ2) is 8.75. The van der Waals surface area contributed by atoms with Crippen LogP contribution in [0.4, 0.5) is 11.4 Å². The van der Waals surface area contributed by atoms with Gasteiger partial charge in [0.1, 0.15) is 11.4 Å². The van der Waals surface area contributed by atoms with E-state index in [4.69, 9.17) is 0 Å². The molecule has 0 bridgehead atoms. The first-order chi connectivity index (χ1) is 15.0. The van der Waals surface area contributed by atoms with Crippen molar-refractivity contribution in [2.24, 2.45) is 0 Å². The van der Waals surface area contributed by atoms with Crippen molar-refractivity contribution in [2.45, 2.75) is 4.90 Å². The van der Waals surface area contributed by atoms with Crippen LogP contribution in [-0.4, -0.2) is 24.5 Å². The summed E-state index contributed by atoms with van der Waals surface area (Å²) in [5, 5.41) is 9.70. The average molecular weight is 497 g/mol. The minimum absolute atomic E-state index is 0.125. The van der Waals surface area contributed by atoms with Crippen LogP contribution >= 0.6 is 15.9 Å². The van der Waals surface area contributed by atoms with E-state index in [0.29, 0.717) is 15.9 Å². The molecule has 156 valence electrons. The molecule has 7 nitrogen and oxygen atoms in total. The normalized spacial score (nSPS) is 11.1. The molecule has 0 aliphatic heterocycles. The summed E-state index contributed by atoms with van der Waals surface area (Å²) in [6.45, 7) is 0. The van der Waals surface area contributed by atoms with Gasteiger partial charge in [0.2, 0.25) is 0 Å². The molecule has 3 N–H and O–H groups in total. The molecule has 0 saturated carbocycles. The Labute approximate surface area is 187 Å². The Morgan fingerprint density at radius 1 is 0.839 bits per heavy atom. The third kappa shape index (κ3) is 4.52. The Hall–Kier alpha value is -3.43. The van der Waals surface area contributed by atoms with Gasteiger partial charge >= 0.3 is 0 Å². The van der Waals surface area contributed by atoms with Gasteiger partial charge in [0.15, 0.2) is 0 Å². The van der Waals surface area contributed by atoms with E-state index in [1.807, 2.05) is 30.3 Å². The largest absolute Gasteiger partial charge is 0.319 e. The molecule has 9 heteroatoms. The number of benzene rings is 3. The monoisotopic (exact) mass is 496 g/mol. The molecule has 0 spiro atoms. The lowest BCUT2D eigenvalue weighted by atomic mass is 10.1. The SMILES string of the molecule is O=C(Nc1ccccc1NS(=O)(=O)c1ccccc1)c1[nH]nc(-c2ccccc2)c1Br. The minimum Gasteiger partial charge on any atom is -0.319 e. The Morgan fingerprint density at radius 3 is 2.10 bits per heavy atom. The summed E-state index contributed by atoms with van der Waals surface area (Å²) < 4.78 is 28.4. The number of carbonyl (C=O) groups excluding carboxylic acids is 1. The molecule has 4 aromatic rings. The Morgan fingerprint density at radius 2 is 1.42 bits per heavy atom. The van der Waals surface area contributed by atoms with Crippen molar-refractivity contribution in [1.29, 1.82) is 0 Å². The van der Waals surface area contributed by atoms with Gasteiger partial charge in [-0.1, -0.05) is 60.7 Å². The first-order valence-electron chi connectivity index (χ1n) is 9.23. The first-order valence-corrected chi connectivity index (χ1v) is 11.5. The second-order valence-corrected chi connectivity index (χ2v) is 9.02. The van der Waals surface area contributed by atoms with Crippen LogP contribution in [0.5, 0.6) is 0 Å². The molecule has 0 saturated heterocycles. The molecule has 0 atom stereocenters. The number of sulfonamides is 1. The van der Waals surface area contributed by atoms with Crippen LogP contribution < -0.4 is 10.0 Å². The molecule has 0 aliphatic rings. The summed E-state index contributed by atoms with van der Waals surface area (Å²) >= 11 is 3.43. The van der Waals surface area contributed by atoms with E-state index in [9.17, 15) is 13.2 Å². The minimum atomic E-state index is -3.81. The van der Waals surface area contributed by atoms with Gasteiger partial charge < -0.3 is 5.32 Å². The summed E-state index contributed by atoms with van der Waals surface area (Å²) in [5.41, 5.74) is 2.23. The van der Waals surface area contributed by atoms with Crippen molar-refractivity contribution < 1.29 is 13.2 Å². The van der Waals surface area contributed by atoms with Crippen LogP contribution in [0.25, 0.3) is 11.3 Å². The van der Waals surface area contributed by atoms with Gasteiger partial charge in [0.05, 0.1) is 20.7 Å². The highest BCUT2D eigenvalue weighted by Crippen LogP contribution is 2.30. The van der Waals surface area contributed by atoms with Crippen molar-refractivity contribution in [1.82, 2.24) is 10.2 Å². The zero-order valence-electron chi connectivity index (χ0n) is 16.0. The highest BCUT2D eigenvalue weighted by molar-refractivity contribution is 9.10. The number of para-hydroxylation sites is 2. The number of hydrogen-bond donors (Lipinski definition) is 3. The van der Waals surface area contributed by atoms with Gasteiger partial charge in [-0.05, 0) is 40.2 Å². The number of aromatic nitrogens is 2. The fraction of sp³-hybridized carbons (Fsp3) is 0. The van der Waals surface area contributed by atoms with Crippen LogP contribution in [0.15, 0.2) is 94.3 Å². The lowest BCUT2D eigenvalue weighted by molar-refractivity contribution is 0.102. The Kier molecular flexibility index (Phi) is 5.88. The van der Waals surface area contributed by atoms with Gasteiger partial charge in [-0.2, -0.15) is 5.10 Å². The molecule has 0 radical (unpaired) electrons. The number of aromatic amines is 1. The van der Waals surface area contributed by atoms with E-state index >= 15 is 0 Å². The molecule has 1 aromatic heterocycles. The predicted octanol–water partition coefficient (Wildman–Crippen LogP) is 4.89. The van der Waals surface area contributed by atoms with E-state index < -0.39 is 15.9 Å². The maximum atomic E-state index is 12.9. The molecule has 31 heavy (non-hydrogen) atoms. The van der Waals surface area contributed by atoms with E-state index in [0.717, 1.165) is 5.56 Å². The highest BCUT2D eigenvalue weighted by atomic mass is 79.9. The molecule has 0 unspecified atom stereocenters. The van der Waals surface area contributed by atoms with Crippen LogP contribution in [0.2, 0.25) is 0 Å². The first kappa shape index (κ1) is 20.8. The fourth-order valence-electron chi connectivity index (χ4n) is 2.94. The summed E-state index contributed by atoms with van der Waals surface area (Å²) in [6, 6.07) is 24.0. The Balaban J connectivity index is 1.59. The summed E-state index contributed by atoms with van der Waals surface area (Å²) in [6.07, 6.45) is 0. The Bertz CT molecular complexity index is 1320. The molecule has 0 fully saturated rings. The maximum absolute atomic E-state index is 12.9. The van der Waals surface area contributed by atoms with E-state index in [1.54, 1.807) is 42.5 Å². The molecular formula is C22H17BrN4O3S. The summed E-state index contributed by atoms with van der Waals surface area (Å²) in [4.78, 5) is 13.0.